The lowest BCUT2D eigenvalue weighted by molar-refractivity contribution is -0.384. The van der Waals surface area contributed by atoms with Crippen LogP contribution >= 0.6 is 11.6 Å². The first kappa shape index (κ1) is 13.7. The number of nitro groups is 1. The molecule has 0 aliphatic rings. The van der Waals surface area contributed by atoms with Gasteiger partial charge >= 0.3 is 0 Å². The van der Waals surface area contributed by atoms with E-state index >= 15 is 0 Å². The summed E-state index contributed by atoms with van der Waals surface area (Å²) in [5.41, 5.74) is 4.98. The molecule has 0 aliphatic heterocycles. The van der Waals surface area contributed by atoms with Gasteiger partial charge in [0.25, 0.3) is 5.69 Å². The minimum absolute atomic E-state index is 0.153. The number of hydrogen-bond donors (Lipinski definition) is 2. The van der Waals surface area contributed by atoms with Crippen LogP contribution in [0, 0.1) is 15.9 Å². The van der Waals surface area contributed by atoms with Crippen LogP contribution in [0.3, 0.4) is 0 Å². The molecular weight excluding hydrogens is 249 g/mol. The third-order valence-corrected chi connectivity index (χ3v) is 2.26. The molecule has 0 spiro atoms. The summed E-state index contributed by atoms with van der Waals surface area (Å²) >= 11 is 5.57. The lowest BCUT2D eigenvalue weighted by atomic mass is 10.1. The van der Waals surface area contributed by atoms with Crippen LogP contribution in [0.25, 0.3) is 0 Å². The van der Waals surface area contributed by atoms with E-state index in [2.05, 4.69) is 5.32 Å². The van der Waals surface area contributed by atoms with Crippen LogP contribution in [0.4, 0.5) is 15.8 Å². The first-order chi connectivity index (χ1) is 7.70. The molecule has 17 heavy (non-hydrogen) atoms. The Morgan fingerprint density at radius 1 is 1.59 bits per heavy atom. The molecule has 0 heterocycles. The largest absolute Gasteiger partial charge is 0.378 e. The second-order valence-corrected chi connectivity index (χ2v) is 4.79. The van der Waals surface area contributed by atoms with E-state index in [1.54, 1.807) is 13.8 Å². The van der Waals surface area contributed by atoms with Gasteiger partial charge in [0, 0.05) is 12.1 Å². The minimum atomic E-state index is -0.823. The maximum atomic E-state index is 13.1. The Hall–Kier alpha value is -1.40. The van der Waals surface area contributed by atoms with Crippen LogP contribution in [-0.4, -0.2) is 17.0 Å². The van der Waals surface area contributed by atoms with E-state index in [1.807, 2.05) is 0 Å². The molecule has 0 saturated heterocycles. The fourth-order valence-corrected chi connectivity index (χ4v) is 1.32. The number of nitrogens with zero attached hydrogens (tertiary/aromatic N) is 1. The van der Waals surface area contributed by atoms with Crippen molar-refractivity contribution in [1.82, 2.24) is 0 Å². The summed E-state index contributed by atoms with van der Waals surface area (Å²) in [6, 6.07) is 1.97. The van der Waals surface area contributed by atoms with Gasteiger partial charge in [-0.05, 0) is 19.9 Å². The van der Waals surface area contributed by atoms with Gasteiger partial charge in [-0.1, -0.05) is 11.6 Å². The summed E-state index contributed by atoms with van der Waals surface area (Å²) in [5.74, 6) is -0.823. The zero-order valence-corrected chi connectivity index (χ0v) is 10.2. The SMILES string of the molecule is CC(C)(N)CNc1cc(Cl)c(F)cc1[N+](=O)[O-]. The van der Waals surface area contributed by atoms with E-state index in [0.29, 0.717) is 6.54 Å². The quantitative estimate of drug-likeness (QED) is 0.645. The van der Waals surface area contributed by atoms with E-state index < -0.39 is 16.3 Å². The number of nitro benzene ring substituents is 1. The van der Waals surface area contributed by atoms with Crippen LogP contribution < -0.4 is 11.1 Å². The van der Waals surface area contributed by atoms with Crippen LogP contribution in [0.2, 0.25) is 5.02 Å². The molecule has 0 amide bonds. The van der Waals surface area contributed by atoms with E-state index in [4.69, 9.17) is 17.3 Å². The molecule has 0 radical (unpaired) electrons. The van der Waals surface area contributed by atoms with Crippen molar-refractivity contribution in [3.8, 4) is 0 Å². The molecule has 1 aromatic carbocycles. The third-order valence-electron chi connectivity index (χ3n) is 1.97. The third kappa shape index (κ3) is 3.83. The summed E-state index contributed by atoms with van der Waals surface area (Å²) in [4.78, 5) is 10.1. The van der Waals surface area contributed by atoms with Crippen LogP contribution in [0.5, 0.6) is 0 Å². The van der Waals surface area contributed by atoms with Gasteiger partial charge in [-0.25, -0.2) is 4.39 Å². The monoisotopic (exact) mass is 261 g/mol. The first-order valence-corrected chi connectivity index (χ1v) is 5.25. The van der Waals surface area contributed by atoms with E-state index in [1.165, 1.54) is 6.07 Å². The molecular formula is C10H13ClFN3O2. The van der Waals surface area contributed by atoms with Gasteiger partial charge in [-0.15, -0.1) is 0 Å². The Morgan fingerprint density at radius 3 is 2.65 bits per heavy atom. The lowest BCUT2D eigenvalue weighted by Gasteiger charge is -2.19. The van der Waals surface area contributed by atoms with Crippen LogP contribution in [0.15, 0.2) is 12.1 Å². The topological polar surface area (TPSA) is 81.2 Å². The molecule has 0 fully saturated rings. The van der Waals surface area contributed by atoms with Crippen molar-refractivity contribution in [2.24, 2.45) is 5.73 Å². The summed E-state index contributed by atoms with van der Waals surface area (Å²) in [7, 11) is 0. The molecule has 5 nitrogen and oxygen atoms in total. The van der Waals surface area contributed by atoms with Crippen molar-refractivity contribution in [1.29, 1.82) is 0 Å². The molecule has 0 unspecified atom stereocenters. The van der Waals surface area contributed by atoms with Crippen LogP contribution in [-0.2, 0) is 0 Å². The summed E-state index contributed by atoms with van der Waals surface area (Å²) < 4.78 is 13.1. The van der Waals surface area contributed by atoms with E-state index in [9.17, 15) is 14.5 Å². The Morgan fingerprint density at radius 2 is 2.18 bits per heavy atom. The second kappa shape index (κ2) is 4.85. The maximum Gasteiger partial charge on any atom is 0.295 e. The smallest absolute Gasteiger partial charge is 0.295 e. The average molecular weight is 262 g/mol. The molecule has 7 heteroatoms. The molecule has 1 rings (SSSR count). The lowest BCUT2D eigenvalue weighted by Crippen LogP contribution is -2.39. The summed E-state index contributed by atoms with van der Waals surface area (Å²) in [6.07, 6.45) is 0. The van der Waals surface area contributed by atoms with Crippen LogP contribution in [0.1, 0.15) is 13.8 Å². The van der Waals surface area contributed by atoms with Gasteiger partial charge in [-0.2, -0.15) is 0 Å². The van der Waals surface area contributed by atoms with Gasteiger partial charge < -0.3 is 11.1 Å². The first-order valence-electron chi connectivity index (χ1n) is 4.87. The number of hydrogen-bond acceptors (Lipinski definition) is 4. The Kier molecular flexibility index (Phi) is 3.90. The Bertz CT molecular complexity index is 446. The fraction of sp³-hybridized carbons (Fsp3) is 0.400. The number of halogens is 2. The summed E-state index contributed by atoms with van der Waals surface area (Å²) in [5, 5.41) is 13.3. The highest BCUT2D eigenvalue weighted by atomic mass is 35.5. The van der Waals surface area contributed by atoms with Crippen molar-refractivity contribution in [2.45, 2.75) is 19.4 Å². The number of benzene rings is 1. The Balaban J connectivity index is 3.05. The van der Waals surface area contributed by atoms with Gasteiger partial charge in [0.1, 0.15) is 11.5 Å². The van der Waals surface area contributed by atoms with Gasteiger partial charge in [-0.3, -0.25) is 10.1 Å². The molecule has 0 atom stereocenters. The predicted octanol–water partition coefficient (Wildman–Crippen LogP) is 2.54. The standard InChI is InChI=1S/C10H13ClFN3O2/c1-10(2,13)5-14-8-3-6(11)7(12)4-9(8)15(16)17/h3-4,14H,5,13H2,1-2H3. The van der Waals surface area contributed by atoms with E-state index in [-0.39, 0.29) is 16.4 Å². The average Bonchev–Trinajstić information content (AvgIpc) is 2.17. The van der Waals surface area contributed by atoms with Gasteiger partial charge in [0.05, 0.1) is 16.0 Å². The molecule has 94 valence electrons. The van der Waals surface area contributed by atoms with Crippen molar-refractivity contribution in [2.75, 3.05) is 11.9 Å². The number of anilines is 1. The highest BCUT2D eigenvalue weighted by Gasteiger charge is 2.19. The zero-order chi connectivity index (χ0) is 13.2. The summed E-state index contributed by atoms with van der Waals surface area (Å²) in [6.45, 7) is 3.82. The van der Waals surface area contributed by atoms with Crippen molar-refractivity contribution in [3.05, 3.63) is 33.1 Å². The molecule has 0 aliphatic carbocycles. The van der Waals surface area contributed by atoms with Crippen molar-refractivity contribution < 1.29 is 9.31 Å². The molecule has 0 aromatic heterocycles. The number of nitrogens with two attached hydrogens (primary N) is 1. The van der Waals surface area contributed by atoms with E-state index in [0.717, 1.165) is 6.07 Å². The molecule has 0 saturated carbocycles. The normalized spacial score (nSPS) is 11.4. The van der Waals surface area contributed by atoms with Gasteiger partial charge in [0.15, 0.2) is 0 Å². The predicted molar refractivity (Wildman–Crippen MR) is 64.8 cm³/mol. The van der Waals surface area contributed by atoms with Crippen molar-refractivity contribution >= 4 is 23.0 Å². The highest BCUT2D eigenvalue weighted by molar-refractivity contribution is 6.31. The Labute approximate surface area is 103 Å². The maximum absolute atomic E-state index is 13.1. The number of nitrogens with one attached hydrogen (secondary N) is 1. The van der Waals surface area contributed by atoms with Crippen molar-refractivity contribution in [3.63, 3.8) is 0 Å². The fourth-order valence-electron chi connectivity index (χ4n) is 1.15. The minimum Gasteiger partial charge on any atom is -0.378 e. The molecule has 0 bridgehead atoms. The zero-order valence-electron chi connectivity index (χ0n) is 9.46. The molecule has 1 aromatic rings. The highest BCUT2D eigenvalue weighted by Crippen LogP contribution is 2.30. The van der Waals surface area contributed by atoms with Gasteiger partial charge in [0.2, 0.25) is 0 Å². The molecule has 3 N–H and O–H groups in total. The second-order valence-electron chi connectivity index (χ2n) is 4.38. The number of rotatable bonds is 4.